The third-order valence-electron chi connectivity index (χ3n) is 3.70. The summed E-state index contributed by atoms with van der Waals surface area (Å²) in [5, 5.41) is 3.36. The van der Waals surface area contributed by atoms with Gasteiger partial charge in [0, 0.05) is 23.7 Å². The molecule has 0 bridgehead atoms. The zero-order valence-corrected chi connectivity index (χ0v) is 14.2. The number of amides is 1. The molecule has 0 aliphatic carbocycles. The Morgan fingerprint density at radius 3 is 2.58 bits per heavy atom. The van der Waals surface area contributed by atoms with Crippen LogP contribution in [-0.4, -0.2) is 10.5 Å². The first-order valence-corrected chi connectivity index (χ1v) is 7.97. The molecule has 0 atom stereocenters. The monoisotopic (exact) mass is 344 g/mol. The Bertz CT molecular complexity index is 952. The number of hydrogen-bond donors (Lipinski definition) is 1. The fourth-order valence-corrected chi connectivity index (χ4v) is 2.90. The number of aryl methyl sites for hydroxylation is 3. The maximum absolute atomic E-state index is 12.2. The van der Waals surface area contributed by atoms with Gasteiger partial charge in [-0.3, -0.25) is 9.36 Å². The van der Waals surface area contributed by atoms with Crippen molar-refractivity contribution in [2.24, 2.45) is 0 Å². The highest BCUT2D eigenvalue weighted by Gasteiger charge is 2.11. The minimum Gasteiger partial charge on any atom is -0.408 e. The third kappa shape index (κ3) is 3.51. The topological polar surface area (TPSA) is 64.2 Å². The Kier molecular flexibility index (Phi) is 4.44. The maximum Gasteiger partial charge on any atom is 0.419 e. The second-order valence-corrected chi connectivity index (χ2v) is 6.24. The summed E-state index contributed by atoms with van der Waals surface area (Å²) in [6.07, 6.45) is 0.161. The van der Waals surface area contributed by atoms with Crippen LogP contribution in [0.5, 0.6) is 0 Å². The van der Waals surface area contributed by atoms with E-state index in [2.05, 4.69) is 5.32 Å². The van der Waals surface area contributed by atoms with E-state index in [9.17, 15) is 9.59 Å². The molecular weight excluding hydrogens is 328 g/mol. The molecule has 1 aromatic heterocycles. The van der Waals surface area contributed by atoms with Gasteiger partial charge in [0.2, 0.25) is 5.91 Å². The lowest BCUT2D eigenvalue weighted by molar-refractivity contribution is -0.116. The van der Waals surface area contributed by atoms with E-state index >= 15 is 0 Å². The number of anilines is 1. The fraction of sp³-hybridized carbons (Fsp3) is 0.222. The number of oxazole rings is 1. The molecule has 6 heteroatoms. The van der Waals surface area contributed by atoms with Crippen molar-refractivity contribution < 1.29 is 9.21 Å². The van der Waals surface area contributed by atoms with Gasteiger partial charge >= 0.3 is 5.76 Å². The van der Waals surface area contributed by atoms with Gasteiger partial charge in [0.1, 0.15) is 0 Å². The molecule has 2 aromatic carbocycles. The molecule has 0 saturated carbocycles. The summed E-state index contributed by atoms with van der Waals surface area (Å²) in [7, 11) is 0. The molecule has 0 spiro atoms. The standard InChI is InChI=1S/C18H17ClN2O3/c1-11-7-12(2)9-14(8-11)20-17(22)5-6-21-15-10-13(19)3-4-16(15)24-18(21)23/h3-4,7-10H,5-6H2,1-2H3,(H,20,22). The van der Waals surface area contributed by atoms with Crippen molar-refractivity contribution in [3.8, 4) is 0 Å². The van der Waals surface area contributed by atoms with Gasteiger partial charge in [0.05, 0.1) is 5.52 Å². The predicted molar refractivity (Wildman–Crippen MR) is 94.6 cm³/mol. The highest BCUT2D eigenvalue weighted by Crippen LogP contribution is 2.19. The third-order valence-corrected chi connectivity index (χ3v) is 3.93. The van der Waals surface area contributed by atoms with Gasteiger partial charge in [-0.2, -0.15) is 0 Å². The van der Waals surface area contributed by atoms with Crippen molar-refractivity contribution in [2.45, 2.75) is 26.8 Å². The fourth-order valence-electron chi connectivity index (χ4n) is 2.73. The summed E-state index contributed by atoms with van der Waals surface area (Å²) in [5.41, 5.74) is 3.96. The number of aromatic nitrogens is 1. The van der Waals surface area contributed by atoms with Gasteiger partial charge in [-0.1, -0.05) is 17.7 Å². The number of rotatable bonds is 4. The molecule has 0 aliphatic heterocycles. The molecule has 0 radical (unpaired) electrons. The van der Waals surface area contributed by atoms with Gasteiger partial charge in [0.15, 0.2) is 5.58 Å². The van der Waals surface area contributed by atoms with Crippen LogP contribution in [0.1, 0.15) is 17.5 Å². The smallest absolute Gasteiger partial charge is 0.408 e. The highest BCUT2D eigenvalue weighted by molar-refractivity contribution is 6.31. The van der Waals surface area contributed by atoms with E-state index in [-0.39, 0.29) is 18.9 Å². The van der Waals surface area contributed by atoms with E-state index < -0.39 is 5.76 Å². The molecule has 0 saturated heterocycles. The van der Waals surface area contributed by atoms with Crippen LogP contribution in [0.3, 0.4) is 0 Å². The largest absolute Gasteiger partial charge is 0.419 e. The molecule has 0 fully saturated rings. The van der Waals surface area contributed by atoms with Crippen LogP contribution >= 0.6 is 11.6 Å². The van der Waals surface area contributed by atoms with Crippen molar-refractivity contribution in [3.63, 3.8) is 0 Å². The molecule has 1 heterocycles. The van der Waals surface area contributed by atoms with Crippen molar-refractivity contribution in [3.05, 3.63) is 63.1 Å². The second-order valence-electron chi connectivity index (χ2n) is 5.81. The van der Waals surface area contributed by atoms with Gasteiger partial charge in [-0.25, -0.2) is 4.79 Å². The molecular formula is C18H17ClN2O3. The van der Waals surface area contributed by atoms with Crippen molar-refractivity contribution >= 4 is 34.3 Å². The summed E-state index contributed by atoms with van der Waals surface area (Å²) in [5.74, 6) is -0.658. The van der Waals surface area contributed by atoms with Crippen LogP contribution in [0, 0.1) is 13.8 Å². The van der Waals surface area contributed by atoms with Crippen LogP contribution in [0.4, 0.5) is 5.69 Å². The first-order chi connectivity index (χ1) is 11.4. The lowest BCUT2D eigenvalue weighted by atomic mass is 10.1. The number of nitrogens with zero attached hydrogens (tertiary/aromatic N) is 1. The van der Waals surface area contributed by atoms with Crippen LogP contribution in [0.2, 0.25) is 5.02 Å². The Morgan fingerprint density at radius 1 is 1.17 bits per heavy atom. The van der Waals surface area contributed by atoms with Crippen LogP contribution in [-0.2, 0) is 11.3 Å². The zero-order chi connectivity index (χ0) is 17.3. The van der Waals surface area contributed by atoms with E-state index in [1.165, 1.54) is 4.57 Å². The van der Waals surface area contributed by atoms with Gasteiger partial charge in [-0.05, 0) is 55.3 Å². The van der Waals surface area contributed by atoms with Crippen LogP contribution in [0.25, 0.3) is 11.1 Å². The molecule has 5 nitrogen and oxygen atoms in total. The van der Waals surface area contributed by atoms with E-state index in [0.29, 0.717) is 16.1 Å². The first-order valence-electron chi connectivity index (χ1n) is 7.59. The maximum atomic E-state index is 12.2. The minimum absolute atomic E-state index is 0.161. The quantitative estimate of drug-likeness (QED) is 0.780. The number of fused-ring (bicyclic) bond motifs is 1. The molecule has 124 valence electrons. The Hall–Kier alpha value is -2.53. The van der Waals surface area contributed by atoms with Gasteiger partial charge in [-0.15, -0.1) is 0 Å². The van der Waals surface area contributed by atoms with Crippen molar-refractivity contribution in [1.82, 2.24) is 4.57 Å². The summed E-state index contributed by atoms with van der Waals surface area (Å²) in [6, 6.07) is 10.8. The number of carbonyl (C=O) groups excluding carboxylic acids is 1. The number of halogens is 1. The number of hydrogen-bond acceptors (Lipinski definition) is 3. The zero-order valence-electron chi connectivity index (χ0n) is 13.4. The molecule has 3 rings (SSSR count). The summed E-state index contributed by atoms with van der Waals surface area (Å²) >= 11 is 5.96. The van der Waals surface area contributed by atoms with Crippen molar-refractivity contribution in [2.75, 3.05) is 5.32 Å². The minimum atomic E-state index is -0.494. The Labute approximate surface area is 143 Å². The van der Waals surface area contributed by atoms with Gasteiger partial charge in [0.25, 0.3) is 0 Å². The first kappa shape index (κ1) is 16.3. The predicted octanol–water partition coefficient (Wildman–Crippen LogP) is 3.89. The lowest BCUT2D eigenvalue weighted by Gasteiger charge is -2.08. The molecule has 3 aromatic rings. The van der Waals surface area contributed by atoms with Crippen LogP contribution < -0.4 is 11.1 Å². The Balaban J connectivity index is 1.74. The molecule has 0 aliphatic rings. The molecule has 1 N–H and O–H groups in total. The molecule has 0 unspecified atom stereocenters. The molecule has 1 amide bonds. The normalized spacial score (nSPS) is 11.0. The lowest BCUT2D eigenvalue weighted by Crippen LogP contribution is -2.19. The number of benzene rings is 2. The number of nitrogens with one attached hydrogen (secondary N) is 1. The summed E-state index contributed by atoms with van der Waals surface area (Å²) < 4.78 is 6.57. The average molecular weight is 345 g/mol. The van der Waals surface area contributed by atoms with Gasteiger partial charge < -0.3 is 9.73 Å². The van der Waals surface area contributed by atoms with E-state index in [0.717, 1.165) is 16.8 Å². The summed E-state index contributed by atoms with van der Waals surface area (Å²) in [4.78, 5) is 24.1. The van der Waals surface area contributed by atoms with Crippen molar-refractivity contribution in [1.29, 1.82) is 0 Å². The van der Waals surface area contributed by atoms with E-state index in [1.54, 1.807) is 18.2 Å². The highest BCUT2D eigenvalue weighted by atomic mass is 35.5. The Morgan fingerprint density at radius 2 is 1.88 bits per heavy atom. The van der Waals surface area contributed by atoms with E-state index in [1.807, 2.05) is 32.0 Å². The average Bonchev–Trinajstić information content (AvgIpc) is 2.79. The van der Waals surface area contributed by atoms with E-state index in [4.69, 9.17) is 16.0 Å². The SMILES string of the molecule is Cc1cc(C)cc(NC(=O)CCn2c(=O)oc3ccc(Cl)cc32)c1. The van der Waals surface area contributed by atoms with Crippen LogP contribution in [0.15, 0.2) is 45.6 Å². The summed E-state index contributed by atoms with van der Waals surface area (Å²) in [6.45, 7) is 4.18. The number of carbonyl (C=O) groups is 1. The second kappa shape index (κ2) is 6.53. The molecule has 24 heavy (non-hydrogen) atoms.